The Kier molecular flexibility index (Phi) is 5.74. The standard InChI is InChI=1S/C16H23NO3/c1-10(2)8-14(16(19)20-5)17-15(18)13-7-6-11(3)12(4)9-13/h6-7,9-10,14H,8H2,1-5H3,(H,17,18)/t14-/m1/s1. The predicted molar refractivity (Wildman–Crippen MR) is 78.6 cm³/mol. The number of carbonyl (C=O) groups is 2. The number of esters is 1. The number of nitrogens with one attached hydrogen (secondary N) is 1. The van der Waals surface area contributed by atoms with E-state index in [-0.39, 0.29) is 5.91 Å². The fourth-order valence-corrected chi connectivity index (χ4v) is 1.95. The number of aryl methyl sites for hydroxylation is 2. The van der Waals surface area contributed by atoms with Gasteiger partial charge in [-0.3, -0.25) is 4.79 Å². The van der Waals surface area contributed by atoms with Crippen molar-refractivity contribution in [1.82, 2.24) is 5.32 Å². The number of benzene rings is 1. The average molecular weight is 277 g/mol. The molecule has 0 aliphatic heterocycles. The summed E-state index contributed by atoms with van der Waals surface area (Å²) in [4.78, 5) is 23.9. The fourth-order valence-electron chi connectivity index (χ4n) is 1.95. The second kappa shape index (κ2) is 7.08. The lowest BCUT2D eigenvalue weighted by molar-refractivity contribution is -0.143. The van der Waals surface area contributed by atoms with Gasteiger partial charge in [-0.1, -0.05) is 19.9 Å². The lowest BCUT2D eigenvalue weighted by atomic mass is 10.0. The Hall–Kier alpha value is -1.84. The van der Waals surface area contributed by atoms with Gasteiger partial charge in [0.1, 0.15) is 6.04 Å². The largest absolute Gasteiger partial charge is 0.467 e. The van der Waals surface area contributed by atoms with E-state index in [0.29, 0.717) is 17.9 Å². The molecule has 0 heterocycles. The molecule has 0 aliphatic rings. The topological polar surface area (TPSA) is 55.4 Å². The Morgan fingerprint density at radius 3 is 2.35 bits per heavy atom. The first-order chi connectivity index (χ1) is 9.35. The molecule has 1 N–H and O–H groups in total. The highest BCUT2D eigenvalue weighted by Crippen LogP contribution is 2.11. The zero-order valence-electron chi connectivity index (χ0n) is 12.8. The number of hydrogen-bond donors (Lipinski definition) is 1. The highest BCUT2D eigenvalue weighted by molar-refractivity contribution is 5.97. The summed E-state index contributed by atoms with van der Waals surface area (Å²) in [5, 5.41) is 2.75. The summed E-state index contributed by atoms with van der Waals surface area (Å²) >= 11 is 0. The van der Waals surface area contributed by atoms with Crippen molar-refractivity contribution in [2.75, 3.05) is 7.11 Å². The number of ether oxygens (including phenoxy) is 1. The third-order valence-corrected chi connectivity index (χ3v) is 3.27. The molecule has 1 aromatic carbocycles. The first-order valence-electron chi connectivity index (χ1n) is 6.81. The van der Waals surface area contributed by atoms with Crippen molar-refractivity contribution in [2.24, 2.45) is 5.92 Å². The van der Waals surface area contributed by atoms with E-state index in [2.05, 4.69) is 5.32 Å². The second-order valence-electron chi connectivity index (χ2n) is 5.48. The molecule has 1 amide bonds. The SMILES string of the molecule is COC(=O)[C@@H](CC(C)C)NC(=O)c1ccc(C)c(C)c1. The molecule has 1 atom stereocenters. The van der Waals surface area contributed by atoms with Crippen molar-refractivity contribution in [1.29, 1.82) is 0 Å². The van der Waals surface area contributed by atoms with Gasteiger partial charge in [-0.25, -0.2) is 4.79 Å². The molecule has 4 nitrogen and oxygen atoms in total. The number of methoxy groups -OCH3 is 1. The van der Waals surface area contributed by atoms with Crippen LogP contribution in [0.15, 0.2) is 18.2 Å². The van der Waals surface area contributed by atoms with Gasteiger partial charge >= 0.3 is 5.97 Å². The molecule has 0 fully saturated rings. The summed E-state index contributed by atoms with van der Waals surface area (Å²) in [5.74, 6) is -0.362. The van der Waals surface area contributed by atoms with Gasteiger partial charge in [-0.15, -0.1) is 0 Å². The van der Waals surface area contributed by atoms with Crippen LogP contribution in [0.25, 0.3) is 0 Å². The molecule has 1 rings (SSSR count). The van der Waals surface area contributed by atoms with Crippen molar-refractivity contribution < 1.29 is 14.3 Å². The molecule has 1 aromatic rings. The minimum atomic E-state index is -0.603. The Morgan fingerprint density at radius 2 is 1.85 bits per heavy atom. The van der Waals surface area contributed by atoms with Crippen molar-refractivity contribution in [3.8, 4) is 0 Å². The van der Waals surface area contributed by atoms with E-state index >= 15 is 0 Å². The number of amides is 1. The summed E-state index contributed by atoms with van der Waals surface area (Å²) in [7, 11) is 1.33. The molecule has 0 saturated carbocycles. The van der Waals surface area contributed by atoms with Crippen LogP contribution in [-0.4, -0.2) is 25.0 Å². The molecule has 0 saturated heterocycles. The molecule has 0 unspecified atom stereocenters. The van der Waals surface area contributed by atoms with E-state index in [1.165, 1.54) is 7.11 Å². The highest BCUT2D eigenvalue weighted by Gasteiger charge is 2.23. The quantitative estimate of drug-likeness (QED) is 0.842. The molecule has 0 spiro atoms. The Balaban J connectivity index is 2.84. The zero-order chi connectivity index (χ0) is 15.3. The van der Waals surface area contributed by atoms with Gasteiger partial charge in [-0.2, -0.15) is 0 Å². The lowest BCUT2D eigenvalue weighted by Crippen LogP contribution is -2.42. The third kappa shape index (κ3) is 4.37. The highest BCUT2D eigenvalue weighted by atomic mass is 16.5. The van der Waals surface area contributed by atoms with Gasteiger partial charge in [0.05, 0.1) is 7.11 Å². The zero-order valence-corrected chi connectivity index (χ0v) is 12.8. The predicted octanol–water partition coefficient (Wildman–Crippen LogP) is 2.62. The van der Waals surface area contributed by atoms with Crippen LogP contribution in [0, 0.1) is 19.8 Å². The van der Waals surface area contributed by atoms with E-state index < -0.39 is 12.0 Å². The molecule has 110 valence electrons. The fraction of sp³-hybridized carbons (Fsp3) is 0.500. The van der Waals surface area contributed by atoms with Gasteiger partial charge in [0.15, 0.2) is 0 Å². The molecule has 4 heteroatoms. The second-order valence-corrected chi connectivity index (χ2v) is 5.48. The molecular formula is C16H23NO3. The van der Waals surface area contributed by atoms with Gasteiger partial charge in [-0.05, 0) is 49.4 Å². The van der Waals surface area contributed by atoms with Gasteiger partial charge in [0.25, 0.3) is 5.91 Å². The van der Waals surface area contributed by atoms with E-state index in [1.54, 1.807) is 6.07 Å². The average Bonchev–Trinajstić information content (AvgIpc) is 2.39. The van der Waals surface area contributed by atoms with E-state index in [9.17, 15) is 9.59 Å². The smallest absolute Gasteiger partial charge is 0.328 e. The maximum atomic E-state index is 12.2. The Bertz CT molecular complexity index is 494. The summed E-state index contributed by atoms with van der Waals surface area (Å²) < 4.78 is 4.74. The number of hydrogen-bond acceptors (Lipinski definition) is 3. The summed E-state index contributed by atoms with van der Waals surface area (Å²) in [5.41, 5.74) is 2.75. The molecule has 0 bridgehead atoms. The van der Waals surface area contributed by atoms with Crippen molar-refractivity contribution in [2.45, 2.75) is 40.2 Å². The monoisotopic (exact) mass is 277 g/mol. The normalized spacial score (nSPS) is 12.1. The maximum Gasteiger partial charge on any atom is 0.328 e. The summed E-state index contributed by atoms with van der Waals surface area (Å²) in [6.07, 6.45) is 0.559. The van der Waals surface area contributed by atoms with Gasteiger partial charge in [0, 0.05) is 5.56 Å². The van der Waals surface area contributed by atoms with E-state index in [0.717, 1.165) is 11.1 Å². The van der Waals surface area contributed by atoms with Crippen LogP contribution in [0.3, 0.4) is 0 Å². The Morgan fingerprint density at radius 1 is 1.20 bits per heavy atom. The third-order valence-electron chi connectivity index (χ3n) is 3.27. The molecular weight excluding hydrogens is 254 g/mol. The Labute approximate surface area is 120 Å². The van der Waals surface area contributed by atoms with Gasteiger partial charge in [0.2, 0.25) is 0 Å². The summed E-state index contributed by atoms with van der Waals surface area (Å²) in [6.45, 7) is 7.95. The van der Waals surface area contributed by atoms with E-state index in [4.69, 9.17) is 4.74 Å². The lowest BCUT2D eigenvalue weighted by Gasteiger charge is -2.18. The molecule has 0 radical (unpaired) electrons. The van der Waals surface area contributed by atoms with Crippen LogP contribution >= 0.6 is 0 Å². The minimum absolute atomic E-state index is 0.246. The van der Waals surface area contributed by atoms with Crippen LogP contribution in [0.2, 0.25) is 0 Å². The van der Waals surface area contributed by atoms with Crippen LogP contribution in [0.1, 0.15) is 41.8 Å². The van der Waals surface area contributed by atoms with Crippen LogP contribution in [0.5, 0.6) is 0 Å². The van der Waals surface area contributed by atoms with Gasteiger partial charge < -0.3 is 10.1 Å². The van der Waals surface area contributed by atoms with Crippen molar-refractivity contribution >= 4 is 11.9 Å². The minimum Gasteiger partial charge on any atom is -0.467 e. The number of rotatable bonds is 5. The van der Waals surface area contributed by atoms with Crippen molar-refractivity contribution in [3.05, 3.63) is 34.9 Å². The van der Waals surface area contributed by atoms with Crippen molar-refractivity contribution in [3.63, 3.8) is 0 Å². The maximum absolute atomic E-state index is 12.2. The van der Waals surface area contributed by atoms with Crippen LogP contribution in [-0.2, 0) is 9.53 Å². The first-order valence-corrected chi connectivity index (χ1v) is 6.81. The molecule has 0 aromatic heterocycles. The number of carbonyl (C=O) groups excluding carboxylic acids is 2. The summed E-state index contributed by atoms with van der Waals surface area (Å²) in [6, 6.07) is 4.89. The van der Waals surface area contributed by atoms with Crippen LogP contribution in [0.4, 0.5) is 0 Å². The molecule has 20 heavy (non-hydrogen) atoms. The van der Waals surface area contributed by atoms with Crippen LogP contribution < -0.4 is 5.32 Å². The van der Waals surface area contributed by atoms with E-state index in [1.807, 2.05) is 39.8 Å². The molecule has 0 aliphatic carbocycles. The first kappa shape index (κ1) is 16.2.